The van der Waals surface area contributed by atoms with Crippen molar-refractivity contribution < 1.29 is 105 Å². The van der Waals surface area contributed by atoms with Crippen molar-refractivity contribution in [1.82, 2.24) is 0 Å². The Labute approximate surface area is 623 Å². The van der Waals surface area contributed by atoms with Gasteiger partial charge in [-0.1, -0.05) is 0 Å². The summed E-state index contributed by atoms with van der Waals surface area (Å²) in [4.78, 5) is 108. The van der Waals surface area contributed by atoms with E-state index in [1.165, 1.54) is 72.8 Å². The lowest BCUT2D eigenvalue weighted by molar-refractivity contribution is 0.00457. The van der Waals surface area contributed by atoms with E-state index in [4.69, 9.17) is 66.3 Å². The molecular formula is C84H106O22. The molecule has 574 valence electrons. The first-order chi connectivity index (χ1) is 48.7. The predicted molar refractivity (Wildman–Crippen MR) is 398 cm³/mol. The topological polar surface area (TPSA) is 266 Å². The van der Waals surface area contributed by atoms with Gasteiger partial charge in [-0.25, -0.2) is 38.4 Å². The molecular weight excluding hydrogens is 1360 g/mol. The summed E-state index contributed by atoms with van der Waals surface area (Å²) in [7, 11) is 0. The number of benzene rings is 6. The molecule has 22 heteroatoms. The van der Waals surface area contributed by atoms with E-state index < -0.39 is 92.6 Å². The molecule has 0 saturated carbocycles. The Morgan fingerprint density at radius 3 is 0.481 bits per heavy atom. The Morgan fingerprint density at radius 2 is 0.340 bits per heavy atom. The zero-order valence-corrected chi connectivity index (χ0v) is 66.0. The molecule has 0 spiro atoms. The number of ether oxygens (including phenoxy) is 14. The molecule has 0 saturated heterocycles. The fourth-order valence-corrected chi connectivity index (χ4v) is 9.58. The molecule has 0 bridgehead atoms. The lowest BCUT2D eigenvalue weighted by atomic mass is 10.1. The first-order valence-electron chi connectivity index (χ1n) is 35.2. The average molecular weight is 1470 g/mol. The van der Waals surface area contributed by atoms with Crippen molar-refractivity contribution in [2.45, 2.75) is 250 Å². The summed E-state index contributed by atoms with van der Waals surface area (Å²) in [6.07, 6.45) is 0.951. The summed E-state index contributed by atoms with van der Waals surface area (Å²) in [5, 5.41) is 0. The molecule has 22 nitrogen and oxygen atoms in total. The van der Waals surface area contributed by atoms with Crippen LogP contribution in [-0.2, 0) is 64.3 Å². The van der Waals surface area contributed by atoms with Gasteiger partial charge in [-0.05, 0) is 310 Å². The third-order valence-corrected chi connectivity index (χ3v) is 13.5. The summed E-state index contributed by atoms with van der Waals surface area (Å²) < 4.78 is 83.7. The average Bonchev–Trinajstić information content (AvgIpc) is 0.819. The second-order valence-corrected chi connectivity index (χ2v) is 33.5. The van der Waals surface area contributed by atoms with Crippen LogP contribution in [0.5, 0.6) is 34.5 Å². The predicted octanol–water partition coefficient (Wildman–Crippen LogP) is 17.9. The molecule has 106 heavy (non-hydrogen) atoms. The van der Waals surface area contributed by atoms with Gasteiger partial charge in [-0.15, -0.1) is 0 Å². The third kappa shape index (κ3) is 30.5. The summed E-state index contributed by atoms with van der Waals surface area (Å²) in [6.45, 7) is 41.5. The number of rotatable bonds is 27. The molecule has 0 N–H and O–H groups in total. The highest BCUT2D eigenvalue weighted by Crippen LogP contribution is 2.32. The molecule has 0 unspecified atom stereocenters. The maximum absolute atomic E-state index is 13.5. The van der Waals surface area contributed by atoms with Crippen LogP contribution in [0.2, 0.25) is 0 Å². The van der Waals surface area contributed by atoms with Crippen molar-refractivity contribution in [2.24, 2.45) is 0 Å². The standard InChI is InChI=1S/C84H106O22/c1-77(2,3)99-69(85)55-35-56(70(86)100-78(4,5)6)40-65(39-55)95-47-51-29-52(48-96-66-41-57(71(87)101-79(7,8)9)36-58(42-66)72(88)102-80(10,11)12)32-63(31-51)93-27-25-26-28-94-64-33-53(49-97-67-43-59(73(89)103-81(13,14)15)37-60(44-67)74(90)104-82(16,17)18)30-54(34-64)50-98-68-45-61(75(91)105-83(19,20)21)38-62(46-68)76(92)106-84(22,23)24/h29-46H,25-28,47-50H2,1-24H3. The molecule has 6 aromatic carbocycles. The van der Waals surface area contributed by atoms with Gasteiger partial charge in [-0.2, -0.15) is 0 Å². The van der Waals surface area contributed by atoms with Crippen molar-refractivity contribution in [3.05, 3.63) is 176 Å². The van der Waals surface area contributed by atoms with Crippen molar-refractivity contribution in [2.75, 3.05) is 13.2 Å². The zero-order chi connectivity index (χ0) is 79.3. The molecule has 0 fully saturated rings. The highest BCUT2D eigenvalue weighted by molar-refractivity contribution is 5.99. The van der Waals surface area contributed by atoms with E-state index in [0.29, 0.717) is 46.6 Å². The van der Waals surface area contributed by atoms with Crippen LogP contribution in [0.25, 0.3) is 0 Å². The Bertz CT molecular complexity index is 3450. The number of hydrogen-bond donors (Lipinski definition) is 0. The molecule has 6 rings (SSSR count). The molecule has 0 atom stereocenters. The number of esters is 8. The smallest absolute Gasteiger partial charge is 0.338 e. The van der Waals surface area contributed by atoms with Gasteiger partial charge in [-0.3, -0.25) is 0 Å². The van der Waals surface area contributed by atoms with E-state index in [1.54, 1.807) is 190 Å². The van der Waals surface area contributed by atoms with Crippen LogP contribution in [0.3, 0.4) is 0 Å². The molecule has 0 radical (unpaired) electrons. The minimum absolute atomic E-state index is 0.0609. The minimum Gasteiger partial charge on any atom is -0.494 e. The summed E-state index contributed by atoms with van der Waals surface area (Å²) >= 11 is 0. The SMILES string of the molecule is CC(C)(C)OC(=O)c1cc(OCc2cc(COc3cc(C(=O)OC(C)(C)C)cc(C(=O)OC(C)(C)C)c3)cc(OCCCCOc3cc(COc4cc(C(=O)OC(C)(C)C)cc(C(=O)OC(C)(C)C)c4)cc(COc4cc(C(=O)OC(C)(C)C)cc(C(=O)OC(C)(C)C)c4)c3)c2)cc(C(=O)OC(C)(C)C)c1. The molecule has 0 aromatic heterocycles. The van der Waals surface area contributed by atoms with E-state index in [-0.39, 0.29) is 107 Å². The lowest BCUT2D eigenvalue weighted by Gasteiger charge is -2.22. The monoisotopic (exact) mass is 1470 g/mol. The van der Waals surface area contributed by atoms with E-state index in [0.717, 1.165) is 0 Å². The Hall–Kier alpha value is -10.1. The fourth-order valence-electron chi connectivity index (χ4n) is 9.58. The van der Waals surface area contributed by atoms with Gasteiger partial charge in [0.15, 0.2) is 0 Å². The maximum Gasteiger partial charge on any atom is 0.338 e. The van der Waals surface area contributed by atoms with E-state index in [1.807, 2.05) is 12.1 Å². The Kier molecular flexibility index (Phi) is 27.5. The molecule has 0 aliphatic heterocycles. The van der Waals surface area contributed by atoms with E-state index in [9.17, 15) is 38.4 Å². The van der Waals surface area contributed by atoms with Gasteiger partial charge >= 0.3 is 47.8 Å². The van der Waals surface area contributed by atoms with Crippen LogP contribution in [0, 0.1) is 0 Å². The quantitative estimate of drug-likeness (QED) is 0.0263. The molecule has 0 amide bonds. The van der Waals surface area contributed by atoms with Crippen molar-refractivity contribution in [1.29, 1.82) is 0 Å². The maximum atomic E-state index is 13.5. The number of unbranched alkanes of at least 4 members (excludes halogenated alkanes) is 1. The molecule has 6 aromatic rings. The number of hydrogen-bond acceptors (Lipinski definition) is 22. The highest BCUT2D eigenvalue weighted by Gasteiger charge is 2.29. The molecule has 0 aliphatic carbocycles. The Balaban J connectivity index is 1.31. The van der Waals surface area contributed by atoms with Gasteiger partial charge in [0, 0.05) is 0 Å². The van der Waals surface area contributed by atoms with E-state index >= 15 is 0 Å². The minimum atomic E-state index is -0.853. The molecule has 0 heterocycles. The van der Waals surface area contributed by atoms with Gasteiger partial charge in [0.1, 0.15) is 106 Å². The van der Waals surface area contributed by atoms with E-state index in [2.05, 4.69) is 0 Å². The van der Waals surface area contributed by atoms with Crippen molar-refractivity contribution in [3.8, 4) is 34.5 Å². The van der Waals surface area contributed by atoms with Crippen LogP contribution < -0.4 is 28.4 Å². The van der Waals surface area contributed by atoms with Crippen LogP contribution in [0.1, 0.15) is 284 Å². The summed E-state index contributed by atoms with van der Waals surface area (Å²) in [6, 6.07) is 28.1. The third-order valence-electron chi connectivity index (χ3n) is 13.5. The Morgan fingerprint density at radius 1 is 0.198 bits per heavy atom. The van der Waals surface area contributed by atoms with Gasteiger partial charge in [0.2, 0.25) is 0 Å². The lowest BCUT2D eigenvalue weighted by Crippen LogP contribution is -2.25. The molecule has 0 aliphatic rings. The van der Waals surface area contributed by atoms with Crippen molar-refractivity contribution >= 4 is 47.8 Å². The number of carbonyl (C=O) groups excluding carboxylic acids is 8. The van der Waals surface area contributed by atoms with Crippen LogP contribution >= 0.6 is 0 Å². The second-order valence-electron chi connectivity index (χ2n) is 33.5. The fraction of sp³-hybridized carbons (Fsp3) is 0.476. The van der Waals surface area contributed by atoms with Gasteiger partial charge < -0.3 is 66.3 Å². The normalized spacial score (nSPS) is 12.2. The highest BCUT2D eigenvalue weighted by atomic mass is 16.6. The number of carbonyl (C=O) groups is 8. The van der Waals surface area contributed by atoms with Crippen molar-refractivity contribution in [3.63, 3.8) is 0 Å². The zero-order valence-electron chi connectivity index (χ0n) is 66.0. The van der Waals surface area contributed by atoms with Gasteiger partial charge in [0.05, 0.1) is 57.7 Å². The van der Waals surface area contributed by atoms with Crippen LogP contribution in [0.15, 0.2) is 109 Å². The summed E-state index contributed by atoms with van der Waals surface area (Å²) in [5.41, 5.74) is -4.00. The first kappa shape index (κ1) is 84.8. The second kappa shape index (κ2) is 34.4. The van der Waals surface area contributed by atoms with Crippen LogP contribution in [0.4, 0.5) is 0 Å². The largest absolute Gasteiger partial charge is 0.494 e. The summed E-state index contributed by atoms with van der Waals surface area (Å²) in [5.74, 6) is -3.97. The first-order valence-corrected chi connectivity index (χ1v) is 35.2. The van der Waals surface area contributed by atoms with Gasteiger partial charge in [0.25, 0.3) is 0 Å². The van der Waals surface area contributed by atoms with Crippen LogP contribution in [-0.4, -0.2) is 106 Å².